The summed E-state index contributed by atoms with van der Waals surface area (Å²) in [5.41, 5.74) is 6.40. The molecule has 0 bridgehead atoms. The highest BCUT2D eigenvalue weighted by Crippen LogP contribution is 2.28. The van der Waals surface area contributed by atoms with E-state index in [1.165, 1.54) is 24.3 Å². The monoisotopic (exact) mass is 501 g/mol. The molecule has 1 heterocycles. The van der Waals surface area contributed by atoms with Crippen molar-refractivity contribution in [2.75, 3.05) is 4.72 Å². The van der Waals surface area contributed by atoms with Crippen LogP contribution in [0.15, 0.2) is 88.7 Å². The van der Waals surface area contributed by atoms with Gasteiger partial charge in [0.05, 0.1) is 21.4 Å². The van der Waals surface area contributed by atoms with E-state index in [9.17, 15) is 13.2 Å². The molecule has 33 heavy (non-hydrogen) atoms. The SMILES string of the molecule is C=C(NNC(=O)c1ccc(Cl)c(S(=O)(=O)Nc2ccccc2Cl)c1)c1cc2ccccc2o1. The molecule has 0 fully saturated rings. The molecule has 0 saturated heterocycles. The first-order valence-corrected chi connectivity index (χ1v) is 11.8. The third-order valence-corrected chi connectivity index (χ3v) is 6.83. The lowest BCUT2D eigenvalue weighted by Gasteiger charge is -2.13. The van der Waals surface area contributed by atoms with E-state index in [0.717, 1.165) is 5.39 Å². The second-order valence-electron chi connectivity index (χ2n) is 6.94. The van der Waals surface area contributed by atoms with Crippen LogP contribution in [0, 0.1) is 0 Å². The average molecular weight is 502 g/mol. The Bertz CT molecular complexity index is 1450. The zero-order valence-electron chi connectivity index (χ0n) is 16.9. The zero-order valence-corrected chi connectivity index (χ0v) is 19.3. The van der Waals surface area contributed by atoms with E-state index in [4.69, 9.17) is 27.6 Å². The predicted octanol–water partition coefficient (Wildman–Crippen LogP) is 5.45. The Balaban J connectivity index is 1.50. The lowest BCUT2D eigenvalue weighted by Crippen LogP contribution is -2.35. The van der Waals surface area contributed by atoms with Gasteiger partial charge in [0.25, 0.3) is 15.9 Å². The van der Waals surface area contributed by atoms with Gasteiger partial charge in [0.1, 0.15) is 10.5 Å². The average Bonchev–Trinajstić information content (AvgIpc) is 3.23. The third-order valence-electron chi connectivity index (χ3n) is 4.65. The summed E-state index contributed by atoms with van der Waals surface area (Å²) in [4.78, 5) is 12.4. The fraction of sp³-hybridized carbons (Fsp3) is 0. The molecule has 0 radical (unpaired) electrons. The number of fused-ring (bicyclic) bond motifs is 1. The van der Waals surface area contributed by atoms with E-state index in [1.54, 1.807) is 24.3 Å². The van der Waals surface area contributed by atoms with Crippen molar-refractivity contribution in [1.82, 2.24) is 10.9 Å². The Morgan fingerprint density at radius 3 is 2.36 bits per heavy atom. The molecule has 3 aromatic carbocycles. The number of carbonyl (C=O) groups is 1. The fourth-order valence-corrected chi connectivity index (χ4v) is 4.84. The summed E-state index contributed by atoms with van der Waals surface area (Å²) in [5, 5.41) is 1.06. The number of hydrogen-bond donors (Lipinski definition) is 3. The van der Waals surface area contributed by atoms with Crippen molar-refractivity contribution < 1.29 is 17.6 Å². The largest absolute Gasteiger partial charge is 0.454 e. The van der Waals surface area contributed by atoms with Crippen LogP contribution in [0.4, 0.5) is 5.69 Å². The molecular weight excluding hydrogens is 485 g/mol. The number of amides is 1. The summed E-state index contributed by atoms with van der Waals surface area (Å²) in [7, 11) is -4.11. The number of halogens is 2. The third kappa shape index (κ3) is 4.98. The minimum Gasteiger partial charge on any atom is -0.454 e. The van der Waals surface area contributed by atoms with Crippen LogP contribution < -0.4 is 15.6 Å². The maximum Gasteiger partial charge on any atom is 0.269 e. The molecule has 0 aliphatic carbocycles. The van der Waals surface area contributed by atoms with Crippen molar-refractivity contribution in [2.24, 2.45) is 0 Å². The number of rotatable bonds is 7. The van der Waals surface area contributed by atoms with Crippen molar-refractivity contribution in [3.8, 4) is 0 Å². The van der Waals surface area contributed by atoms with Crippen LogP contribution in [0.3, 0.4) is 0 Å². The number of benzene rings is 3. The van der Waals surface area contributed by atoms with Crippen molar-refractivity contribution in [1.29, 1.82) is 0 Å². The Kier molecular flexibility index (Phi) is 6.33. The maximum absolute atomic E-state index is 12.9. The second kappa shape index (κ2) is 9.19. The molecule has 7 nitrogen and oxygen atoms in total. The van der Waals surface area contributed by atoms with E-state index in [1.807, 2.05) is 24.3 Å². The Hall–Kier alpha value is -3.46. The number of anilines is 1. The lowest BCUT2D eigenvalue weighted by atomic mass is 10.2. The van der Waals surface area contributed by atoms with Crippen LogP contribution >= 0.6 is 23.2 Å². The van der Waals surface area contributed by atoms with E-state index < -0.39 is 15.9 Å². The van der Waals surface area contributed by atoms with Crippen molar-refractivity contribution in [3.05, 3.63) is 101 Å². The first-order valence-electron chi connectivity index (χ1n) is 9.56. The van der Waals surface area contributed by atoms with Gasteiger partial charge in [0, 0.05) is 10.9 Å². The summed E-state index contributed by atoms with van der Waals surface area (Å²) in [6.07, 6.45) is 0. The van der Waals surface area contributed by atoms with Gasteiger partial charge in [-0.2, -0.15) is 0 Å². The molecule has 0 aliphatic rings. The number of furan rings is 1. The molecule has 0 aliphatic heterocycles. The molecule has 0 atom stereocenters. The van der Waals surface area contributed by atoms with Crippen LogP contribution in [-0.2, 0) is 10.0 Å². The molecule has 3 N–H and O–H groups in total. The quantitative estimate of drug-likeness (QED) is 0.292. The van der Waals surface area contributed by atoms with Crippen LogP contribution in [0.25, 0.3) is 16.7 Å². The highest BCUT2D eigenvalue weighted by atomic mass is 35.5. The topological polar surface area (TPSA) is 100 Å². The molecule has 168 valence electrons. The first kappa shape index (κ1) is 22.7. The maximum atomic E-state index is 12.9. The highest BCUT2D eigenvalue weighted by Gasteiger charge is 2.21. The van der Waals surface area contributed by atoms with E-state index in [2.05, 4.69) is 22.2 Å². The summed E-state index contributed by atoms with van der Waals surface area (Å²) in [6, 6.07) is 19.5. The van der Waals surface area contributed by atoms with Gasteiger partial charge in [-0.05, 0) is 42.5 Å². The van der Waals surface area contributed by atoms with Gasteiger partial charge < -0.3 is 4.42 Å². The Morgan fingerprint density at radius 1 is 0.879 bits per heavy atom. The smallest absolute Gasteiger partial charge is 0.269 e. The minimum absolute atomic E-state index is 0.0502. The molecule has 1 amide bonds. The number of sulfonamides is 1. The summed E-state index contributed by atoms with van der Waals surface area (Å²) in [5.74, 6) is -0.155. The van der Waals surface area contributed by atoms with Gasteiger partial charge in [-0.1, -0.05) is 60.1 Å². The van der Waals surface area contributed by atoms with E-state index in [0.29, 0.717) is 17.0 Å². The highest BCUT2D eigenvalue weighted by molar-refractivity contribution is 7.92. The van der Waals surface area contributed by atoms with Crippen LogP contribution in [0.2, 0.25) is 10.0 Å². The molecule has 0 saturated carbocycles. The van der Waals surface area contributed by atoms with E-state index >= 15 is 0 Å². The molecule has 0 unspecified atom stereocenters. The van der Waals surface area contributed by atoms with Gasteiger partial charge in [0.2, 0.25) is 0 Å². The second-order valence-corrected chi connectivity index (χ2v) is 9.40. The number of hydrazine groups is 1. The van der Waals surface area contributed by atoms with Crippen LogP contribution in [0.1, 0.15) is 16.1 Å². The Labute approximate surface area is 200 Å². The van der Waals surface area contributed by atoms with E-state index in [-0.39, 0.29) is 26.2 Å². The number of carbonyl (C=O) groups excluding carboxylic acids is 1. The summed E-state index contributed by atoms with van der Waals surface area (Å²) >= 11 is 12.1. The summed E-state index contributed by atoms with van der Waals surface area (Å²) in [6.45, 7) is 3.85. The lowest BCUT2D eigenvalue weighted by molar-refractivity contribution is 0.0942. The van der Waals surface area contributed by atoms with Crippen LogP contribution in [0.5, 0.6) is 0 Å². The van der Waals surface area contributed by atoms with Crippen molar-refractivity contribution in [3.63, 3.8) is 0 Å². The van der Waals surface area contributed by atoms with Crippen molar-refractivity contribution >= 4 is 61.5 Å². The standard InChI is InChI=1S/C23H17Cl2N3O4S/c1-14(21-12-15-6-2-5-9-20(15)32-21)26-27-23(29)16-10-11-18(25)22(13-16)33(30,31)28-19-8-4-3-7-17(19)24/h2-13,26,28H,1H2,(H,27,29). The molecule has 1 aromatic heterocycles. The molecule has 0 spiro atoms. The van der Waals surface area contributed by atoms with Gasteiger partial charge in [-0.3, -0.25) is 20.4 Å². The zero-order chi connectivity index (χ0) is 23.6. The van der Waals surface area contributed by atoms with Gasteiger partial charge >= 0.3 is 0 Å². The predicted molar refractivity (Wildman–Crippen MR) is 130 cm³/mol. The normalized spacial score (nSPS) is 11.2. The van der Waals surface area contributed by atoms with Crippen LogP contribution in [-0.4, -0.2) is 14.3 Å². The fourth-order valence-electron chi connectivity index (χ4n) is 2.99. The molecular formula is C23H17Cl2N3O4S. The molecule has 4 rings (SSSR count). The number of para-hydroxylation sites is 2. The van der Waals surface area contributed by atoms with Gasteiger partial charge in [0.15, 0.2) is 5.76 Å². The first-order chi connectivity index (χ1) is 15.7. The number of hydrogen-bond acceptors (Lipinski definition) is 5. The summed E-state index contributed by atoms with van der Waals surface area (Å²) < 4.78 is 33.8. The minimum atomic E-state index is -4.11. The molecule has 4 aromatic rings. The number of nitrogens with one attached hydrogen (secondary N) is 3. The van der Waals surface area contributed by atoms with Gasteiger partial charge in [-0.25, -0.2) is 8.42 Å². The molecule has 10 heteroatoms. The van der Waals surface area contributed by atoms with Gasteiger partial charge in [-0.15, -0.1) is 0 Å². The van der Waals surface area contributed by atoms with Crippen molar-refractivity contribution in [2.45, 2.75) is 4.90 Å². The Morgan fingerprint density at radius 2 is 1.61 bits per heavy atom.